The molecule has 1 aliphatic carbocycles. The molecule has 0 saturated heterocycles. The number of nitrogens with one attached hydrogen (secondary N) is 1. The van der Waals surface area contributed by atoms with Crippen LogP contribution in [0.3, 0.4) is 0 Å². The third-order valence-corrected chi connectivity index (χ3v) is 4.70. The lowest BCUT2D eigenvalue weighted by atomic mass is 9.90. The second-order valence-electron chi connectivity index (χ2n) is 6.26. The van der Waals surface area contributed by atoms with E-state index in [4.69, 9.17) is 5.26 Å². The second kappa shape index (κ2) is 5.47. The zero-order chi connectivity index (χ0) is 16.6. The van der Waals surface area contributed by atoms with Gasteiger partial charge in [0, 0.05) is 18.0 Å². The molecule has 1 fully saturated rings. The Morgan fingerprint density at radius 1 is 1.21 bits per heavy atom. The number of nitrogens with zero attached hydrogens (tertiary/aromatic N) is 4. The van der Waals surface area contributed by atoms with Crippen molar-refractivity contribution in [1.82, 2.24) is 15.2 Å². The number of rotatable bonds is 4. The molecule has 1 saturated carbocycles. The van der Waals surface area contributed by atoms with Crippen LogP contribution in [0.25, 0.3) is 22.2 Å². The third-order valence-electron chi connectivity index (χ3n) is 4.70. The number of pyridine rings is 1. The Kier molecular flexibility index (Phi) is 3.29. The summed E-state index contributed by atoms with van der Waals surface area (Å²) in [6, 6.07) is 12.9. The van der Waals surface area contributed by atoms with E-state index >= 15 is 0 Å². The maximum absolute atomic E-state index is 9.55. The molecule has 116 valence electrons. The Hall–Kier alpha value is -3.18. The zero-order valence-electron chi connectivity index (χ0n) is 13.1. The Balaban J connectivity index is 1.88. The monoisotopic (exact) mass is 313 g/mol. The maximum Gasteiger partial charge on any atom is 0.155 e. The van der Waals surface area contributed by atoms with E-state index in [-0.39, 0.29) is 5.41 Å². The van der Waals surface area contributed by atoms with Crippen molar-refractivity contribution in [1.29, 1.82) is 10.5 Å². The van der Waals surface area contributed by atoms with Crippen molar-refractivity contribution >= 4 is 11.0 Å². The number of H-pyrrole nitrogens is 1. The molecular weight excluding hydrogens is 298 g/mol. The lowest BCUT2D eigenvalue weighted by Gasteiger charge is -2.13. The molecule has 0 bridgehead atoms. The number of benzene rings is 1. The Bertz CT molecular complexity index is 999. The highest BCUT2D eigenvalue weighted by atomic mass is 15.1. The number of hydrogen-bond donors (Lipinski definition) is 1. The largest absolute Gasteiger partial charge is 0.261 e. The first-order valence-corrected chi connectivity index (χ1v) is 7.97. The molecule has 3 aromatic rings. The molecule has 4 rings (SSSR count). The lowest BCUT2D eigenvalue weighted by molar-refractivity contribution is 0.898. The third kappa shape index (κ3) is 2.31. The number of fused-ring (bicyclic) bond motifs is 1. The molecule has 24 heavy (non-hydrogen) atoms. The van der Waals surface area contributed by atoms with Crippen molar-refractivity contribution in [3.05, 3.63) is 47.8 Å². The molecule has 2 heterocycles. The van der Waals surface area contributed by atoms with Gasteiger partial charge < -0.3 is 0 Å². The molecule has 0 aliphatic heterocycles. The van der Waals surface area contributed by atoms with Crippen LogP contribution in [0.15, 0.2) is 36.7 Å². The molecule has 1 N–H and O–H groups in total. The van der Waals surface area contributed by atoms with Crippen molar-refractivity contribution < 1.29 is 0 Å². The number of aryl methyl sites for hydroxylation is 1. The smallest absolute Gasteiger partial charge is 0.155 e. The highest BCUT2D eigenvalue weighted by molar-refractivity contribution is 5.92. The van der Waals surface area contributed by atoms with E-state index in [1.54, 1.807) is 12.4 Å². The van der Waals surface area contributed by atoms with Gasteiger partial charge in [-0.15, -0.1) is 0 Å². The maximum atomic E-state index is 9.55. The van der Waals surface area contributed by atoms with Crippen LogP contribution in [0, 0.1) is 22.7 Å². The van der Waals surface area contributed by atoms with Gasteiger partial charge in [0.25, 0.3) is 0 Å². The SMILES string of the molecule is N#CCCc1cc(-c2ccnc3[nH]ncc23)cc(C2(C#N)CC2)c1. The molecule has 5 heteroatoms. The molecule has 0 spiro atoms. The van der Waals surface area contributed by atoms with E-state index in [1.165, 1.54) is 0 Å². The van der Waals surface area contributed by atoms with Crippen LogP contribution in [-0.4, -0.2) is 15.2 Å². The van der Waals surface area contributed by atoms with E-state index in [1.807, 2.05) is 6.07 Å². The van der Waals surface area contributed by atoms with E-state index in [9.17, 15) is 5.26 Å². The quantitative estimate of drug-likeness (QED) is 0.796. The van der Waals surface area contributed by atoms with Gasteiger partial charge in [0.05, 0.1) is 23.8 Å². The fourth-order valence-electron chi connectivity index (χ4n) is 3.16. The van der Waals surface area contributed by atoms with Gasteiger partial charge in [-0.25, -0.2) is 4.98 Å². The van der Waals surface area contributed by atoms with Crippen LogP contribution >= 0.6 is 0 Å². The van der Waals surface area contributed by atoms with Crippen molar-refractivity contribution in [2.24, 2.45) is 0 Å². The summed E-state index contributed by atoms with van der Waals surface area (Å²) in [6.45, 7) is 0. The predicted molar refractivity (Wildman–Crippen MR) is 89.8 cm³/mol. The predicted octanol–water partition coefficient (Wildman–Crippen LogP) is 3.64. The summed E-state index contributed by atoms with van der Waals surface area (Å²) in [5, 5.41) is 26.4. The minimum Gasteiger partial charge on any atom is -0.261 e. The van der Waals surface area contributed by atoms with Crippen LogP contribution in [0.5, 0.6) is 0 Å². The average Bonchev–Trinajstić information content (AvgIpc) is 3.28. The number of aromatic nitrogens is 3. The Morgan fingerprint density at radius 3 is 2.83 bits per heavy atom. The second-order valence-corrected chi connectivity index (χ2v) is 6.26. The van der Waals surface area contributed by atoms with Gasteiger partial charge in [0.2, 0.25) is 0 Å². The highest BCUT2D eigenvalue weighted by Crippen LogP contribution is 2.48. The molecule has 1 aliphatic rings. The van der Waals surface area contributed by atoms with Gasteiger partial charge in [-0.2, -0.15) is 15.6 Å². The number of nitriles is 2. The summed E-state index contributed by atoms with van der Waals surface area (Å²) in [5.41, 5.74) is 4.65. The van der Waals surface area contributed by atoms with E-state index in [2.05, 4.69) is 45.5 Å². The highest BCUT2D eigenvalue weighted by Gasteiger charge is 2.45. The van der Waals surface area contributed by atoms with Gasteiger partial charge in [0.1, 0.15) is 0 Å². The van der Waals surface area contributed by atoms with Crippen molar-refractivity contribution in [2.45, 2.75) is 31.1 Å². The molecule has 0 unspecified atom stereocenters. The first-order valence-electron chi connectivity index (χ1n) is 7.97. The molecule has 0 atom stereocenters. The van der Waals surface area contributed by atoms with Crippen LogP contribution in [-0.2, 0) is 11.8 Å². The minimum atomic E-state index is -0.347. The topological polar surface area (TPSA) is 89.2 Å². The summed E-state index contributed by atoms with van der Waals surface area (Å²) in [6.07, 6.45) is 6.51. The lowest BCUT2D eigenvalue weighted by Crippen LogP contribution is -2.04. The fourth-order valence-corrected chi connectivity index (χ4v) is 3.16. The van der Waals surface area contributed by atoms with Gasteiger partial charge in [0.15, 0.2) is 5.65 Å². The van der Waals surface area contributed by atoms with Crippen LogP contribution in [0.1, 0.15) is 30.4 Å². The first-order chi connectivity index (χ1) is 11.8. The van der Waals surface area contributed by atoms with Gasteiger partial charge in [-0.3, -0.25) is 5.10 Å². The van der Waals surface area contributed by atoms with E-state index in [0.717, 1.165) is 46.1 Å². The van der Waals surface area contributed by atoms with Crippen LogP contribution < -0.4 is 0 Å². The summed E-state index contributed by atoms with van der Waals surface area (Å²) >= 11 is 0. The fraction of sp³-hybridized carbons (Fsp3) is 0.263. The average molecular weight is 313 g/mol. The summed E-state index contributed by atoms with van der Waals surface area (Å²) in [4.78, 5) is 4.29. The van der Waals surface area contributed by atoms with E-state index in [0.29, 0.717) is 12.8 Å². The zero-order valence-corrected chi connectivity index (χ0v) is 13.1. The minimum absolute atomic E-state index is 0.347. The molecule has 0 amide bonds. The van der Waals surface area contributed by atoms with Gasteiger partial charge in [-0.1, -0.05) is 12.1 Å². The molecular formula is C19H15N5. The summed E-state index contributed by atoms with van der Waals surface area (Å²) in [7, 11) is 0. The Labute approximate surface area is 139 Å². The standard InChI is InChI=1S/C19H15N5/c20-6-1-2-13-8-14(10-15(9-13)19(12-21)4-5-19)16-3-7-22-18-17(16)11-23-24-18/h3,7-11H,1-2,4-5H2,(H,22,23,24). The summed E-state index contributed by atoms with van der Waals surface area (Å²) < 4.78 is 0. The van der Waals surface area contributed by atoms with E-state index < -0.39 is 0 Å². The molecule has 2 aromatic heterocycles. The normalized spacial score (nSPS) is 14.9. The van der Waals surface area contributed by atoms with Gasteiger partial charge >= 0.3 is 0 Å². The summed E-state index contributed by atoms with van der Waals surface area (Å²) in [5.74, 6) is 0. The van der Waals surface area contributed by atoms with Crippen LogP contribution in [0.4, 0.5) is 0 Å². The van der Waals surface area contributed by atoms with Crippen molar-refractivity contribution in [2.75, 3.05) is 0 Å². The van der Waals surface area contributed by atoms with Crippen molar-refractivity contribution in [3.8, 4) is 23.3 Å². The van der Waals surface area contributed by atoms with Crippen LogP contribution in [0.2, 0.25) is 0 Å². The molecule has 0 radical (unpaired) electrons. The Morgan fingerprint density at radius 2 is 2.08 bits per heavy atom. The number of hydrogen-bond acceptors (Lipinski definition) is 4. The first kappa shape index (κ1) is 14.4. The van der Waals surface area contributed by atoms with Crippen molar-refractivity contribution in [3.63, 3.8) is 0 Å². The molecule has 1 aromatic carbocycles. The van der Waals surface area contributed by atoms with Gasteiger partial charge in [-0.05, 0) is 53.6 Å². The number of aromatic amines is 1. The molecule has 5 nitrogen and oxygen atoms in total.